The molecule has 0 radical (unpaired) electrons. The Kier molecular flexibility index (Phi) is 3.68. The summed E-state index contributed by atoms with van der Waals surface area (Å²) in [6.45, 7) is 0. The number of thiophene rings is 1. The van der Waals surface area contributed by atoms with Crippen molar-refractivity contribution < 1.29 is 13.9 Å². The zero-order valence-corrected chi connectivity index (χ0v) is 11.8. The van der Waals surface area contributed by atoms with Gasteiger partial charge in [-0.25, -0.2) is 9.18 Å². The second-order valence-electron chi connectivity index (χ2n) is 3.54. The Hall–Kier alpha value is -1.40. The number of rotatable bonds is 2. The zero-order chi connectivity index (χ0) is 13.3. The molecule has 2 N–H and O–H groups in total. The summed E-state index contributed by atoms with van der Waals surface area (Å²) in [4.78, 5) is 12.5. The van der Waals surface area contributed by atoms with Gasteiger partial charge in [0.15, 0.2) is 0 Å². The molecule has 0 aliphatic rings. The van der Waals surface area contributed by atoms with Crippen LogP contribution in [0.25, 0.3) is 10.4 Å². The van der Waals surface area contributed by atoms with E-state index in [1.54, 1.807) is 12.1 Å². The van der Waals surface area contributed by atoms with Gasteiger partial charge in [0.2, 0.25) is 0 Å². The molecular weight excluding hydrogens is 321 g/mol. The predicted octanol–water partition coefficient (Wildman–Crippen LogP) is 3.69. The third-order valence-corrected chi connectivity index (χ3v) is 3.92. The first-order valence-electron chi connectivity index (χ1n) is 4.95. The lowest BCUT2D eigenvalue weighted by Gasteiger charge is -1.99. The van der Waals surface area contributed by atoms with Crippen LogP contribution in [0.2, 0.25) is 0 Å². The summed E-state index contributed by atoms with van der Waals surface area (Å²) in [5, 5.41) is 0. The van der Waals surface area contributed by atoms with Crippen molar-refractivity contribution in [1.82, 2.24) is 0 Å². The van der Waals surface area contributed by atoms with Gasteiger partial charge in [-0.3, -0.25) is 0 Å². The molecule has 0 fully saturated rings. The Labute approximate surface area is 116 Å². The maximum absolute atomic E-state index is 13.3. The van der Waals surface area contributed by atoms with E-state index in [9.17, 15) is 9.18 Å². The fourth-order valence-electron chi connectivity index (χ4n) is 1.50. The molecular formula is C12H9BrFNO2S. The Morgan fingerprint density at radius 1 is 1.39 bits per heavy atom. The molecule has 0 aliphatic heterocycles. The fourth-order valence-corrected chi connectivity index (χ4v) is 2.95. The zero-order valence-electron chi connectivity index (χ0n) is 9.37. The van der Waals surface area contributed by atoms with Crippen molar-refractivity contribution in [2.45, 2.75) is 0 Å². The van der Waals surface area contributed by atoms with Crippen LogP contribution in [-0.4, -0.2) is 13.1 Å². The van der Waals surface area contributed by atoms with Gasteiger partial charge in [0, 0.05) is 9.35 Å². The number of benzene rings is 1. The van der Waals surface area contributed by atoms with Gasteiger partial charge in [0.05, 0.1) is 12.8 Å². The number of halogens is 2. The molecule has 1 aromatic heterocycles. The van der Waals surface area contributed by atoms with Crippen molar-refractivity contribution in [3.8, 4) is 10.4 Å². The van der Waals surface area contributed by atoms with Gasteiger partial charge in [-0.15, -0.1) is 11.3 Å². The number of carbonyl (C=O) groups excluding carboxylic acids is 1. The Morgan fingerprint density at radius 3 is 2.72 bits per heavy atom. The Morgan fingerprint density at radius 2 is 2.11 bits per heavy atom. The van der Waals surface area contributed by atoms with Crippen LogP contribution < -0.4 is 5.73 Å². The van der Waals surface area contributed by atoms with Crippen molar-refractivity contribution in [1.29, 1.82) is 0 Å². The number of hydrogen-bond acceptors (Lipinski definition) is 4. The Bertz CT molecular complexity index is 592. The first kappa shape index (κ1) is 13.0. The molecule has 6 heteroatoms. The lowest BCUT2D eigenvalue weighted by molar-refractivity contribution is 0.0607. The predicted molar refractivity (Wildman–Crippen MR) is 73.2 cm³/mol. The number of nitrogen functional groups attached to an aromatic ring is 1. The standard InChI is InChI=1S/C12H9BrFNO2S/c1-17-12(16)11-9(15)5-10(18-11)6-2-7(13)4-8(14)3-6/h2-5H,15H2,1H3. The number of esters is 1. The summed E-state index contributed by atoms with van der Waals surface area (Å²) in [5.41, 5.74) is 6.73. The van der Waals surface area contributed by atoms with Crippen LogP contribution >= 0.6 is 27.3 Å². The fraction of sp³-hybridized carbons (Fsp3) is 0.0833. The molecule has 0 saturated carbocycles. The van der Waals surface area contributed by atoms with Gasteiger partial charge in [0.1, 0.15) is 10.7 Å². The minimum Gasteiger partial charge on any atom is -0.465 e. The molecule has 2 rings (SSSR count). The number of nitrogens with two attached hydrogens (primary N) is 1. The van der Waals surface area contributed by atoms with E-state index in [1.807, 2.05) is 0 Å². The summed E-state index contributed by atoms with van der Waals surface area (Å²) in [6.07, 6.45) is 0. The minimum atomic E-state index is -0.487. The van der Waals surface area contributed by atoms with Crippen molar-refractivity contribution >= 4 is 38.9 Å². The van der Waals surface area contributed by atoms with Crippen molar-refractivity contribution in [2.75, 3.05) is 12.8 Å². The van der Waals surface area contributed by atoms with E-state index < -0.39 is 5.97 Å². The first-order valence-corrected chi connectivity index (χ1v) is 6.56. The molecule has 0 atom stereocenters. The highest BCUT2D eigenvalue weighted by Gasteiger charge is 2.16. The summed E-state index contributed by atoms with van der Waals surface area (Å²) in [5.74, 6) is -0.842. The number of ether oxygens (including phenoxy) is 1. The molecule has 2 aromatic rings. The quantitative estimate of drug-likeness (QED) is 0.855. The van der Waals surface area contributed by atoms with Gasteiger partial charge in [-0.05, 0) is 29.8 Å². The highest BCUT2D eigenvalue weighted by Crippen LogP contribution is 2.35. The molecule has 18 heavy (non-hydrogen) atoms. The van der Waals surface area contributed by atoms with Crippen LogP contribution in [0.1, 0.15) is 9.67 Å². The minimum absolute atomic E-state index is 0.327. The van der Waals surface area contributed by atoms with E-state index in [1.165, 1.54) is 30.6 Å². The van der Waals surface area contributed by atoms with Gasteiger partial charge in [-0.2, -0.15) is 0 Å². The number of anilines is 1. The van der Waals surface area contributed by atoms with Crippen LogP contribution in [0, 0.1) is 5.82 Å². The molecule has 0 saturated heterocycles. The molecule has 1 heterocycles. The summed E-state index contributed by atoms with van der Waals surface area (Å²) >= 11 is 4.40. The molecule has 0 bridgehead atoms. The van der Waals surface area contributed by atoms with E-state index in [0.717, 1.165) is 0 Å². The molecule has 1 aromatic carbocycles. The topological polar surface area (TPSA) is 52.3 Å². The van der Waals surface area contributed by atoms with Gasteiger partial charge >= 0.3 is 5.97 Å². The molecule has 0 spiro atoms. The van der Waals surface area contributed by atoms with Gasteiger partial charge < -0.3 is 10.5 Å². The van der Waals surface area contributed by atoms with Crippen molar-refractivity contribution in [3.05, 3.63) is 39.4 Å². The average Bonchev–Trinajstić information content (AvgIpc) is 2.69. The van der Waals surface area contributed by atoms with Crippen LogP contribution in [0.3, 0.4) is 0 Å². The molecule has 3 nitrogen and oxygen atoms in total. The summed E-state index contributed by atoms with van der Waals surface area (Å²) in [6, 6.07) is 6.15. The monoisotopic (exact) mass is 329 g/mol. The van der Waals surface area contributed by atoms with Crippen LogP contribution in [0.5, 0.6) is 0 Å². The number of methoxy groups -OCH3 is 1. The summed E-state index contributed by atoms with van der Waals surface area (Å²) < 4.78 is 18.5. The smallest absolute Gasteiger partial charge is 0.350 e. The SMILES string of the molecule is COC(=O)c1sc(-c2cc(F)cc(Br)c2)cc1N. The van der Waals surface area contributed by atoms with E-state index in [4.69, 9.17) is 5.73 Å². The third kappa shape index (κ3) is 2.54. The van der Waals surface area contributed by atoms with E-state index in [2.05, 4.69) is 20.7 Å². The lowest BCUT2D eigenvalue weighted by Crippen LogP contribution is -2.00. The average molecular weight is 330 g/mol. The molecule has 0 unspecified atom stereocenters. The molecule has 0 aliphatic carbocycles. The van der Waals surface area contributed by atoms with Crippen LogP contribution in [0.4, 0.5) is 10.1 Å². The van der Waals surface area contributed by atoms with Crippen LogP contribution in [0.15, 0.2) is 28.7 Å². The maximum Gasteiger partial charge on any atom is 0.350 e. The molecule has 0 amide bonds. The number of hydrogen-bond donors (Lipinski definition) is 1. The van der Waals surface area contributed by atoms with Crippen molar-refractivity contribution in [2.24, 2.45) is 0 Å². The normalized spacial score (nSPS) is 10.4. The highest BCUT2D eigenvalue weighted by molar-refractivity contribution is 9.10. The van der Waals surface area contributed by atoms with E-state index in [-0.39, 0.29) is 5.82 Å². The van der Waals surface area contributed by atoms with Crippen LogP contribution in [-0.2, 0) is 4.74 Å². The maximum atomic E-state index is 13.3. The van der Waals surface area contributed by atoms with E-state index in [0.29, 0.717) is 25.5 Å². The largest absolute Gasteiger partial charge is 0.465 e. The molecule has 94 valence electrons. The second-order valence-corrected chi connectivity index (χ2v) is 5.51. The second kappa shape index (κ2) is 5.07. The third-order valence-electron chi connectivity index (χ3n) is 2.28. The summed E-state index contributed by atoms with van der Waals surface area (Å²) in [7, 11) is 1.29. The van der Waals surface area contributed by atoms with Gasteiger partial charge in [0.25, 0.3) is 0 Å². The number of carbonyl (C=O) groups is 1. The van der Waals surface area contributed by atoms with Gasteiger partial charge in [-0.1, -0.05) is 15.9 Å². The Balaban J connectivity index is 2.48. The lowest BCUT2D eigenvalue weighted by atomic mass is 10.2. The first-order chi connectivity index (χ1) is 8.51. The van der Waals surface area contributed by atoms with Crippen molar-refractivity contribution in [3.63, 3.8) is 0 Å². The van der Waals surface area contributed by atoms with E-state index >= 15 is 0 Å². The highest BCUT2D eigenvalue weighted by atomic mass is 79.9.